The van der Waals surface area contributed by atoms with Crippen LogP contribution in [0.2, 0.25) is 5.02 Å². The maximum Gasteiger partial charge on any atom is 0.271 e. The number of non-ortho nitro benzene ring substituents is 1. The van der Waals surface area contributed by atoms with E-state index < -0.39 is 28.1 Å². The number of nitro groups is 1. The Morgan fingerprint density at radius 1 is 0.953 bits per heavy atom. The molecule has 1 heterocycles. The summed E-state index contributed by atoms with van der Waals surface area (Å²) in [6.45, 7) is 1.85. The zero-order valence-electron chi connectivity index (χ0n) is 22.7. The van der Waals surface area contributed by atoms with Gasteiger partial charge in [0.25, 0.3) is 11.6 Å². The Hall–Kier alpha value is -5.15. The van der Waals surface area contributed by atoms with Crippen LogP contribution in [-0.2, 0) is 15.0 Å². The van der Waals surface area contributed by atoms with Crippen molar-refractivity contribution < 1.29 is 19.3 Å². The minimum absolute atomic E-state index is 0.0597. The fourth-order valence-electron chi connectivity index (χ4n) is 7.04. The number of hydrogen-bond donors (Lipinski definition) is 1. The molecule has 9 nitrogen and oxygen atoms in total. The van der Waals surface area contributed by atoms with Crippen LogP contribution >= 0.6 is 11.6 Å². The number of nitrogens with zero attached hydrogens (tertiary/aromatic N) is 3. The van der Waals surface area contributed by atoms with Gasteiger partial charge in [-0.25, -0.2) is 10.3 Å². The molecule has 1 saturated heterocycles. The summed E-state index contributed by atoms with van der Waals surface area (Å²) in [4.78, 5) is 53.5. The summed E-state index contributed by atoms with van der Waals surface area (Å²) in [6, 6.07) is 25.9. The van der Waals surface area contributed by atoms with Crippen LogP contribution in [0.25, 0.3) is 0 Å². The monoisotopic (exact) mass is 590 g/mol. The average molecular weight is 591 g/mol. The van der Waals surface area contributed by atoms with Gasteiger partial charge in [0.2, 0.25) is 11.8 Å². The molecule has 3 amide bonds. The highest BCUT2D eigenvalue weighted by molar-refractivity contribution is 6.32. The van der Waals surface area contributed by atoms with Crippen LogP contribution in [0.4, 0.5) is 11.4 Å². The molecule has 1 N–H and O–H groups in total. The van der Waals surface area contributed by atoms with Gasteiger partial charge in [-0.2, -0.15) is 5.10 Å². The summed E-state index contributed by atoms with van der Waals surface area (Å²) in [5.41, 5.74) is 5.88. The summed E-state index contributed by atoms with van der Waals surface area (Å²) in [6.07, 6.45) is 1.55. The van der Waals surface area contributed by atoms with Crippen molar-refractivity contribution in [3.63, 3.8) is 0 Å². The Bertz CT molecular complexity index is 1870. The van der Waals surface area contributed by atoms with Gasteiger partial charge in [0.05, 0.1) is 27.9 Å². The van der Waals surface area contributed by atoms with E-state index in [1.54, 1.807) is 24.4 Å². The van der Waals surface area contributed by atoms with Gasteiger partial charge in [-0.3, -0.25) is 24.5 Å². The number of hydrazone groups is 1. The molecule has 0 radical (unpaired) electrons. The van der Waals surface area contributed by atoms with Gasteiger partial charge in [0.15, 0.2) is 0 Å². The van der Waals surface area contributed by atoms with E-state index in [1.165, 1.54) is 29.2 Å². The number of carbonyl (C=O) groups is 3. The Morgan fingerprint density at radius 2 is 1.63 bits per heavy atom. The van der Waals surface area contributed by atoms with Crippen LogP contribution in [0, 0.1) is 28.9 Å². The van der Waals surface area contributed by atoms with Gasteiger partial charge in [-0.15, -0.1) is 0 Å². The van der Waals surface area contributed by atoms with Crippen molar-refractivity contribution in [2.24, 2.45) is 16.9 Å². The highest BCUT2D eigenvalue weighted by atomic mass is 35.5. The number of rotatable bonds is 5. The lowest BCUT2D eigenvalue weighted by Gasteiger charge is -2.52. The second kappa shape index (κ2) is 9.71. The molecular formula is C33H23ClN4O5. The molecule has 4 aliphatic rings. The number of nitro benzene ring substituents is 1. The van der Waals surface area contributed by atoms with Crippen LogP contribution in [0.15, 0.2) is 96.1 Å². The lowest BCUT2D eigenvalue weighted by Crippen LogP contribution is -2.54. The number of hydrogen-bond acceptors (Lipinski definition) is 6. The van der Waals surface area contributed by atoms with E-state index in [2.05, 4.69) is 10.5 Å². The summed E-state index contributed by atoms with van der Waals surface area (Å²) < 4.78 is 0. The van der Waals surface area contributed by atoms with Crippen molar-refractivity contribution in [1.82, 2.24) is 5.43 Å². The van der Waals surface area contributed by atoms with E-state index in [4.69, 9.17) is 11.6 Å². The molecule has 4 aromatic rings. The standard InChI is InChI=1S/C33H23ClN4O5/c1-18-13-14-20(16-26(18)34)37-31(40)28-27-22-9-2-4-11-24(22)33(29(28)32(37)41,25-12-5-3-10-23(25)27)17-35-36-30(39)19-7-6-8-21(15-19)38(42)43/h2-17,27-29H,1H3,(H,36,39)/b35-17-/t27?,28-,29-,33?/m1/s1. The molecule has 4 aromatic carbocycles. The van der Waals surface area contributed by atoms with Gasteiger partial charge in [-0.05, 0) is 52.9 Å². The van der Waals surface area contributed by atoms with Crippen LogP contribution in [0.3, 0.4) is 0 Å². The number of amides is 3. The molecular weight excluding hydrogens is 568 g/mol. The van der Waals surface area contributed by atoms with Gasteiger partial charge in [-0.1, -0.05) is 72.3 Å². The molecule has 2 atom stereocenters. The smallest absolute Gasteiger partial charge is 0.271 e. The van der Waals surface area contributed by atoms with Crippen LogP contribution < -0.4 is 10.3 Å². The SMILES string of the molecule is Cc1ccc(N2C(=O)[C@@H]3C4c5ccccc5C(/C=N\NC(=O)c5cccc([N+](=O)[O-])c5)(c5ccccc54)[C@H]3C2=O)cc1Cl. The minimum atomic E-state index is -1.18. The molecule has 2 bridgehead atoms. The molecule has 0 unspecified atom stereocenters. The van der Waals surface area contributed by atoms with Crippen LogP contribution in [0.1, 0.15) is 44.1 Å². The minimum Gasteiger partial charge on any atom is -0.274 e. The highest BCUT2D eigenvalue weighted by Crippen LogP contribution is 2.63. The van der Waals surface area contributed by atoms with E-state index in [-0.39, 0.29) is 29.0 Å². The maximum absolute atomic E-state index is 14.4. The van der Waals surface area contributed by atoms with Crippen molar-refractivity contribution in [1.29, 1.82) is 0 Å². The zero-order chi connectivity index (χ0) is 30.0. The van der Waals surface area contributed by atoms with Gasteiger partial charge < -0.3 is 0 Å². The molecule has 212 valence electrons. The molecule has 0 saturated carbocycles. The lowest BCUT2D eigenvalue weighted by atomic mass is 9.47. The molecule has 43 heavy (non-hydrogen) atoms. The third-order valence-corrected chi connectivity index (χ3v) is 9.26. The third-order valence-electron chi connectivity index (χ3n) is 8.85. The molecule has 8 rings (SSSR count). The first kappa shape index (κ1) is 26.7. The molecule has 0 aromatic heterocycles. The lowest BCUT2D eigenvalue weighted by molar-refractivity contribution is -0.384. The van der Waals surface area contributed by atoms with Crippen LogP contribution in [-0.4, -0.2) is 28.9 Å². The quantitative estimate of drug-likeness (QED) is 0.142. The van der Waals surface area contributed by atoms with E-state index in [9.17, 15) is 24.5 Å². The average Bonchev–Trinajstić information content (AvgIpc) is 3.29. The third kappa shape index (κ3) is 3.78. The summed E-state index contributed by atoms with van der Waals surface area (Å²) in [7, 11) is 0. The Morgan fingerprint density at radius 3 is 2.28 bits per heavy atom. The van der Waals surface area contributed by atoms with Crippen molar-refractivity contribution in [3.05, 3.63) is 140 Å². The van der Waals surface area contributed by atoms with Gasteiger partial charge in [0.1, 0.15) is 0 Å². The van der Waals surface area contributed by atoms with Gasteiger partial charge >= 0.3 is 0 Å². The summed E-state index contributed by atoms with van der Waals surface area (Å²) >= 11 is 6.41. The first-order valence-corrected chi connectivity index (χ1v) is 14.0. The number of halogens is 1. The maximum atomic E-state index is 14.4. The Kier molecular flexibility index (Phi) is 6.03. The van der Waals surface area contributed by atoms with Crippen molar-refractivity contribution in [2.45, 2.75) is 18.3 Å². The number of nitrogens with one attached hydrogen (secondary N) is 1. The number of carbonyl (C=O) groups excluding carboxylic acids is 3. The molecule has 0 spiro atoms. The summed E-state index contributed by atoms with van der Waals surface area (Å²) in [5, 5.41) is 16.0. The molecule has 1 aliphatic heterocycles. The Balaban J connectivity index is 1.37. The van der Waals surface area contributed by atoms with E-state index in [0.717, 1.165) is 27.8 Å². The van der Waals surface area contributed by atoms with Crippen molar-refractivity contribution >= 4 is 46.9 Å². The Labute approximate surface area is 250 Å². The van der Waals surface area contributed by atoms with Gasteiger partial charge in [0, 0.05) is 34.9 Å². The van der Waals surface area contributed by atoms with E-state index >= 15 is 0 Å². The fourth-order valence-corrected chi connectivity index (χ4v) is 7.22. The zero-order valence-corrected chi connectivity index (χ0v) is 23.5. The van der Waals surface area contributed by atoms with E-state index in [1.807, 2.05) is 55.5 Å². The summed E-state index contributed by atoms with van der Waals surface area (Å²) in [5.74, 6) is -3.24. The number of imide groups is 1. The molecule has 3 aliphatic carbocycles. The largest absolute Gasteiger partial charge is 0.274 e. The van der Waals surface area contributed by atoms with Crippen molar-refractivity contribution in [3.8, 4) is 0 Å². The van der Waals surface area contributed by atoms with Crippen LogP contribution in [0.5, 0.6) is 0 Å². The number of aryl methyl sites for hydroxylation is 1. The van der Waals surface area contributed by atoms with Crippen molar-refractivity contribution in [2.75, 3.05) is 4.90 Å². The normalized spacial score (nSPS) is 23.2. The second-order valence-corrected chi connectivity index (χ2v) is 11.4. The predicted molar refractivity (Wildman–Crippen MR) is 160 cm³/mol. The first-order valence-electron chi connectivity index (χ1n) is 13.7. The fraction of sp³-hybridized carbons (Fsp3) is 0.152. The highest BCUT2D eigenvalue weighted by Gasteiger charge is 2.68. The second-order valence-electron chi connectivity index (χ2n) is 11.0. The first-order chi connectivity index (χ1) is 20.7. The number of benzene rings is 4. The van der Waals surface area contributed by atoms with E-state index in [0.29, 0.717) is 10.7 Å². The molecule has 1 fully saturated rings. The molecule has 10 heteroatoms. The topological polar surface area (TPSA) is 122 Å². The number of anilines is 1. The predicted octanol–water partition coefficient (Wildman–Crippen LogP) is 5.52.